The van der Waals surface area contributed by atoms with E-state index in [4.69, 9.17) is 14.2 Å². The third-order valence-corrected chi connectivity index (χ3v) is 5.42. The zero-order valence-corrected chi connectivity index (χ0v) is 19.6. The maximum absolute atomic E-state index is 12.4. The second-order valence-electron chi connectivity index (χ2n) is 7.93. The minimum absolute atomic E-state index is 0.0508. The lowest BCUT2D eigenvalue weighted by Gasteiger charge is -2.09. The van der Waals surface area contributed by atoms with E-state index in [9.17, 15) is 14.7 Å². The molecule has 1 N–H and O–H groups in total. The van der Waals surface area contributed by atoms with Crippen LogP contribution in [-0.2, 0) is 4.74 Å². The van der Waals surface area contributed by atoms with Crippen molar-refractivity contribution in [3.63, 3.8) is 0 Å². The summed E-state index contributed by atoms with van der Waals surface area (Å²) in [5, 5.41) is 9.66. The molecule has 0 bridgehead atoms. The zero-order valence-electron chi connectivity index (χ0n) is 19.6. The number of hydrogen-bond acceptors (Lipinski definition) is 6. The number of phenols is 1. The quantitative estimate of drug-likeness (QED) is 0.201. The van der Waals surface area contributed by atoms with E-state index in [1.54, 1.807) is 24.3 Å². The molecule has 6 nitrogen and oxygen atoms in total. The fourth-order valence-electron chi connectivity index (χ4n) is 3.44. The van der Waals surface area contributed by atoms with Gasteiger partial charge in [-0.1, -0.05) is 56.9 Å². The molecule has 0 aliphatic carbocycles. The third kappa shape index (κ3) is 6.85. The van der Waals surface area contributed by atoms with E-state index in [2.05, 4.69) is 6.92 Å². The number of ether oxygens (including phenoxy) is 3. The monoisotopic (exact) mass is 462 g/mol. The van der Waals surface area contributed by atoms with Crippen LogP contribution in [0.2, 0.25) is 0 Å². The number of carbonyl (C=O) groups is 2. The van der Waals surface area contributed by atoms with Crippen molar-refractivity contribution in [3.8, 4) is 28.4 Å². The van der Waals surface area contributed by atoms with Crippen molar-refractivity contribution in [2.45, 2.75) is 39.0 Å². The maximum Gasteiger partial charge on any atom is 0.343 e. The van der Waals surface area contributed by atoms with Crippen molar-refractivity contribution in [2.75, 3.05) is 13.7 Å². The lowest BCUT2D eigenvalue weighted by atomic mass is 10.0. The summed E-state index contributed by atoms with van der Waals surface area (Å²) in [5.74, 6) is -0.330. The largest absolute Gasteiger partial charge is 0.504 e. The third-order valence-electron chi connectivity index (χ3n) is 5.42. The van der Waals surface area contributed by atoms with Gasteiger partial charge in [0, 0.05) is 0 Å². The number of esters is 2. The smallest absolute Gasteiger partial charge is 0.343 e. The van der Waals surface area contributed by atoms with Gasteiger partial charge in [0.15, 0.2) is 11.5 Å². The first-order valence-electron chi connectivity index (χ1n) is 11.5. The van der Waals surface area contributed by atoms with Crippen LogP contribution >= 0.6 is 0 Å². The van der Waals surface area contributed by atoms with E-state index in [0.29, 0.717) is 17.9 Å². The second-order valence-corrected chi connectivity index (χ2v) is 7.93. The highest BCUT2D eigenvalue weighted by atomic mass is 16.5. The van der Waals surface area contributed by atoms with E-state index in [1.807, 2.05) is 24.3 Å². The molecule has 0 aromatic heterocycles. The summed E-state index contributed by atoms with van der Waals surface area (Å²) < 4.78 is 15.8. The molecule has 0 unspecified atom stereocenters. The van der Waals surface area contributed by atoms with Crippen LogP contribution in [0.4, 0.5) is 0 Å². The lowest BCUT2D eigenvalue weighted by molar-refractivity contribution is 0.0497. The maximum atomic E-state index is 12.4. The van der Waals surface area contributed by atoms with Gasteiger partial charge in [0.05, 0.1) is 24.8 Å². The average molecular weight is 463 g/mol. The van der Waals surface area contributed by atoms with Crippen molar-refractivity contribution in [3.05, 3.63) is 77.9 Å². The van der Waals surface area contributed by atoms with E-state index in [-0.39, 0.29) is 23.0 Å². The fourth-order valence-corrected chi connectivity index (χ4v) is 3.44. The molecule has 178 valence electrons. The first kappa shape index (κ1) is 24.8. The topological polar surface area (TPSA) is 82.1 Å². The van der Waals surface area contributed by atoms with Gasteiger partial charge in [-0.25, -0.2) is 9.59 Å². The summed E-state index contributed by atoms with van der Waals surface area (Å²) >= 11 is 0. The highest BCUT2D eigenvalue weighted by Crippen LogP contribution is 2.28. The molecule has 3 aromatic rings. The first-order chi connectivity index (χ1) is 16.5. The highest BCUT2D eigenvalue weighted by molar-refractivity contribution is 5.92. The van der Waals surface area contributed by atoms with Crippen molar-refractivity contribution in [2.24, 2.45) is 0 Å². The molecule has 0 saturated carbocycles. The van der Waals surface area contributed by atoms with Crippen molar-refractivity contribution in [1.82, 2.24) is 0 Å². The van der Waals surface area contributed by atoms with Crippen LogP contribution in [0.15, 0.2) is 66.7 Å². The van der Waals surface area contributed by atoms with E-state index in [0.717, 1.165) is 24.0 Å². The Labute approximate surface area is 200 Å². The minimum Gasteiger partial charge on any atom is -0.504 e. The lowest BCUT2D eigenvalue weighted by Crippen LogP contribution is -2.08. The molecule has 0 aliphatic rings. The molecule has 3 rings (SSSR count). The molecule has 0 saturated heterocycles. The van der Waals surface area contributed by atoms with Gasteiger partial charge < -0.3 is 19.3 Å². The Kier molecular flexibility index (Phi) is 9.09. The summed E-state index contributed by atoms with van der Waals surface area (Å²) in [5.41, 5.74) is 2.63. The molecule has 0 spiro atoms. The SMILES string of the molecule is CCCCCCCOC(=O)c1ccc(-c2ccc(OC(=O)c3ccc(O)c(OC)c3)cc2)cc1. The molecule has 6 heteroatoms. The minimum atomic E-state index is -0.556. The fraction of sp³-hybridized carbons (Fsp3) is 0.286. The molecule has 0 fully saturated rings. The van der Waals surface area contributed by atoms with E-state index < -0.39 is 5.97 Å². The van der Waals surface area contributed by atoms with Crippen LogP contribution in [0.25, 0.3) is 11.1 Å². The van der Waals surface area contributed by atoms with E-state index >= 15 is 0 Å². The average Bonchev–Trinajstić information content (AvgIpc) is 2.87. The van der Waals surface area contributed by atoms with Gasteiger partial charge in [-0.3, -0.25) is 0 Å². The number of methoxy groups -OCH3 is 1. The molecule has 0 amide bonds. The van der Waals surface area contributed by atoms with Gasteiger partial charge >= 0.3 is 11.9 Å². The zero-order chi connectivity index (χ0) is 24.3. The number of unbranched alkanes of at least 4 members (excludes halogenated alkanes) is 4. The highest BCUT2D eigenvalue weighted by Gasteiger charge is 2.13. The molecule has 0 atom stereocenters. The summed E-state index contributed by atoms with van der Waals surface area (Å²) in [4.78, 5) is 24.6. The Morgan fingerprint density at radius 1 is 0.765 bits per heavy atom. The van der Waals surface area contributed by atoms with Crippen LogP contribution in [0, 0.1) is 0 Å². The Balaban J connectivity index is 1.55. The second kappa shape index (κ2) is 12.4. The summed E-state index contributed by atoms with van der Waals surface area (Å²) in [6.07, 6.45) is 5.55. The predicted molar refractivity (Wildman–Crippen MR) is 131 cm³/mol. The molecule has 0 heterocycles. The number of phenolic OH excluding ortho intramolecular Hbond substituents is 1. The molecule has 0 aliphatic heterocycles. The van der Waals surface area contributed by atoms with Gasteiger partial charge in [-0.15, -0.1) is 0 Å². The number of hydrogen-bond donors (Lipinski definition) is 1. The van der Waals surface area contributed by atoms with E-state index in [1.165, 1.54) is 44.6 Å². The summed E-state index contributed by atoms with van der Waals surface area (Å²) in [6.45, 7) is 2.62. The Bertz CT molecular complexity index is 1090. The van der Waals surface area contributed by atoms with Crippen LogP contribution in [0.1, 0.15) is 59.7 Å². The van der Waals surface area contributed by atoms with Gasteiger partial charge in [0.2, 0.25) is 0 Å². The molecule has 0 radical (unpaired) electrons. The number of rotatable bonds is 11. The van der Waals surface area contributed by atoms with Gasteiger partial charge in [-0.05, 0) is 60.0 Å². The first-order valence-corrected chi connectivity index (χ1v) is 11.5. The molecular weight excluding hydrogens is 432 g/mol. The molecule has 3 aromatic carbocycles. The number of carbonyl (C=O) groups excluding carboxylic acids is 2. The Hall–Kier alpha value is -3.80. The van der Waals surface area contributed by atoms with Crippen LogP contribution in [0.3, 0.4) is 0 Å². The number of aromatic hydroxyl groups is 1. The van der Waals surface area contributed by atoms with Crippen molar-refractivity contribution >= 4 is 11.9 Å². The van der Waals surface area contributed by atoms with Crippen molar-refractivity contribution < 1.29 is 28.9 Å². The Morgan fingerprint density at radius 2 is 1.38 bits per heavy atom. The van der Waals surface area contributed by atoms with Crippen LogP contribution in [0.5, 0.6) is 17.2 Å². The molecule has 34 heavy (non-hydrogen) atoms. The van der Waals surface area contributed by atoms with Gasteiger partial charge in [0.1, 0.15) is 5.75 Å². The summed E-state index contributed by atoms with van der Waals surface area (Å²) in [7, 11) is 1.41. The predicted octanol–water partition coefficient (Wildman–Crippen LogP) is 6.41. The van der Waals surface area contributed by atoms with Gasteiger partial charge in [-0.2, -0.15) is 0 Å². The number of benzene rings is 3. The van der Waals surface area contributed by atoms with Crippen molar-refractivity contribution in [1.29, 1.82) is 0 Å². The van der Waals surface area contributed by atoms with Gasteiger partial charge in [0.25, 0.3) is 0 Å². The normalized spacial score (nSPS) is 10.5. The van der Waals surface area contributed by atoms with Crippen LogP contribution in [-0.4, -0.2) is 30.8 Å². The Morgan fingerprint density at radius 3 is 2.03 bits per heavy atom. The summed E-state index contributed by atoms with van der Waals surface area (Å²) in [6, 6.07) is 18.6. The molecular formula is C28H30O6. The standard InChI is InChI=1S/C28H30O6/c1-3-4-5-6-7-18-33-27(30)22-10-8-20(9-11-22)21-12-15-24(16-13-21)34-28(31)23-14-17-25(29)26(19-23)32-2/h8-17,19,29H,3-7,18H2,1-2H3. The van der Waals surface area contributed by atoms with Crippen LogP contribution < -0.4 is 9.47 Å².